The molecule has 2 rings (SSSR count). The minimum Gasteiger partial charge on any atom is -0.503 e. The number of rotatable bonds is 4. The monoisotopic (exact) mass is 385 g/mol. The van der Waals surface area contributed by atoms with Gasteiger partial charge in [-0.05, 0) is 57.9 Å². The highest BCUT2D eigenvalue weighted by Gasteiger charge is 2.08. The van der Waals surface area contributed by atoms with Crippen LogP contribution < -0.4 is 10.1 Å². The van der Waals surface area contributed by atoms with Crippen LogP contribution in [0.2, 0.25) is 0 Å². The molecule has 0 spiro atoms. The Labute approximate surface area is 128 Å². The van der Waals surface area contributed by atoms with E-state index in [-0.39, 0.29) is 5.75 Å². The Morgan fingerprint density at radius 1 is 1.16 bits per heavy atom. The van der Waals surface area contributed by atoms with E-state index in [0.717, 1.165) is 15.7 Å². The Morgan fingerprint density at radius 2 is 1.84 bits per heavy atom. The lowest BCUT2D eigenvalue weighted by molar-refractivity contribution is 0.371. The highest BCUT2D eigenvalue weighted by atomic mass is 79.9. The first kappa shape index (κ1) is 14.2. The third-order valence-corrected chi connectivity index (χ3v) is 3.78. The van der Waals surface area contributed by atoms with E-state index in [1.807, 2.05) is 36.4 Å². The molecule has 0 fully saturated rings. The van der Waals surface area contributed by atoms with Gasteiger partial charge in [-0.1, -0.05) is 15.9 Å². The minimum absolute atomic E-state index is 0.120. The number of halogens is 2. The molecular weight excluding hydrogens is 374 g/mol. The Balaban J connectivity index is 2.11. The fraction of sp³-hybridized carbons (Fsp3) is 0.143. The summed E-state index contributed by atoms with van der Waals surface area (Å²) in [4.78, 5) is 0. The molecule has 0 saturated heterocycles. The van der Waals surface area contributed by atoms with Crippen molar-refractivity contribution >= 4 is 37.5 Å². The summed E-state index contributed by atoms with van der Waals surface area (Å²) in [7, 11) is 1.54. The van der Waals surface area contributed by atoms with Crippen LogP contribution in [-0.2, 0) is 6.54 Å². The molecule has 0 bridgehead atoms. The van der Waals surface area contributed by atoms with Crippen molar-refractivity contribution in [3.63, 3.8) is 0 Å². The molecule has 100 valence electrons. The smallest absolute Gasteiger partial charge is 0.172 e. The van der Waals surface area contributed by atoms with E-state index < -0.39 is 0 Å². The number of ether oxygens (including phenoxy) is 1. The first-order valence-corrected chi connectivity index (χ1v) is 7.23. The maximum absolute atomic E-state index is 9.74. The quantitative estimate of drug-likeness (QED) is 0.810. The Kier molecular flexibility index (Phi) is 4.71. The zero-order valence-corrected chi connectivity index (χ0v) is 13.5. The van der Waals surface area contributed by atoms with Crippen molar-refractivity contribution in [2.24, 2.45) is 0 Å². The number of benzene rings is 2. The number of nitrogens with one attached hydrogen (secondary N) is 1. The normalized spacial score (nSPS) is 10.3. The average molecular weight is 387 g/mol. The third kappa shape index (κ3) is 3.64. The predicted octanol–water partition coefficient (Wildman–Crippen LogP) is 4.54. The fourth-order valence-corrected chi connectivity index (χ4v) is 2.41. The van der Waals surface area contributed by atoms with Gasteiger partial charge in [-0.15, -0.1) is 0 Å². The predicted molar refractivity (Wildman–Crippen MR) is 83.8 cm³/mol. The summed E-state index contributed by atoms with van der Waals surface area (Å²) in [6, 6.07) is 11.6. The van der Waals surface area contributed by atoms with Crippen molar-refractivity contribution in [3.05, 3.63) is 50.9 Å². The van der Waals surface area contributed by atoms with Crippen LogP contribution >= 0.6 is 31.9 Å². The van der Waals surface area contributed by atoms with Crippen LogP contribution in [0.15, 0.2) is 45.3 Å². The minimum atomic E-state index is 0.120. The molecule has 0 unspecified atom stereocenters. The van der Waals surface area contributed by atoms with Gasteiger partial charge in [0.25, 0.3) is 0 Å². The topological polar surface area (TPSA) is 41.5 Å². The summed E-state index contributed by atoms with van der Waals surface area (Å²) in [6.45, 7) is 0.650. The number of phenolic OH excluding ortho intramolecular Hbond substituents is 1. The molecule has 0 aliphatic rings. The lowest BCUT2D eigenvalue weighted by atomic mass is 10.2. The number of hydrogen-bond donors (Lipinski definition) is 2. The van der Waals surface area contributed by atoms with E-state index in [0.29, 0.717) is 16.8 Å². The fourth-order valence-electron chi connectivity index (χ4n) is 1.66. The lowest BCUT2D eigenvalue weighted by Gasteiger charge is -2.10. The zero-order valence-electron chi connectivity index (χ0n) is 10.3. The molecule has 3 nitrogen and oxygen atoms in total. The van der Waals surface area contributed by atoms with Crippen molar-refractivity contribution in [1.29, 1.82) is 0 Å². The highest BCUT2D eigenvalue weighted by Crippen LogP contribution is 2.35. The summed E-state index contributed by atoms with van der Waals surface area (Å²) in [5.41, 5.74) is 2.05. The molecule has 19 heavy (non-hydrogen) atoms. The van der Waals surface area contributed by atoms with Gasteiger partial charge >= 0.3 is 0 Å². The summed E-state index contributed by atoms with van der Waals surface area (Å²) in [5.74, 6) is 0.580. The molecule has 0 atom stereocenters. The van der Waals surface area contributed by atoms with Crippen molar-refractivity contribution < 1.29 is 9.84 Å². The molecule has 2 aromatic carbocycles. The molecule has 0 radical (unpaired) electrons. The lowest BCUT2D eigenvalue weighted by Crippen LogP contribution is -2.00. The second-order valence-electron chi connectivity index (χ2n) is 3.99. The summed E-state index contributed by atoms with van der Waals surface area (Å²) >= 11 is 6.71. The summed E-state index contributed by atoms with van der Waals surface area (Å²) < 4.78 is 6.79. The number of hydrogen-bond acceptors (Lipinski definition) is 3. The molecule has 0 heterocycles. The van der Waals surface area contributed by atoms with Gasteiger partial charge < -0.3 is 15.2 Å². The van der Waals surface area contributed by atoms with Gasteiger partial charge in [0, 0.05) is 16.7 Å². The molecule has 2 N–H and O–H groups in total. The van der Waals surface area contributed by atoms with Crippen molar-refractivity contribution in [2.45, 2.75) is 6.54 Å². The SMILES string of the molecule is COc1cc(CNc2ccc(Br)cc2)cc(Br)c1O. The van der Waals surface area contributed by atoms with Gasteiger partial charge in [-0.25, -0.2) is 0 Å². The van der Waals surface area contributed by atoms with Crippen LogP contribution in [0, 0.1) is 0 Å². The Bertz CT molecular complexity index is 570. The standard InChI is InChI=1S/C14H13Br2NO2/c1-19-13-7-9(6-12(16)14(13)18)8-17-11-4-2-10(15)3-5-11/h2-7,17-18H,8H2,1H3. The van der Waals surface area contributed by atoms with Crippen LogP contribution in [0.1, 0.15) is 5.56 Å². The molecule has 2 aromatic rings. The van der Waals surface area contributed by atoms with E-state index in [2.05, 4.69) is 37.2 Å². The van der Waals surface area contributed by atoms with Gasteiger partial charge in [0.2, 0.25) is 0 Å². The van der Waals surface area contributed by atoms with Gasteiger partial charge in [0.05, 0.1) is 11.6 Å². The average Bonchev–Trinajstić information content (AvgIpc) is 2.41. The molecule has 0 aliphatic carbocycles. The van der Waals surface area contributed by atoms with E-state index in [1.54, 1.807) is 0 Å². The second-order valence-corrected chi connectivity index (χ2v) is 5.76. The van der Waals surface area contributed by atoms with Crippen molar-refractivity contribution in [2.75, 3.05) is 12.4 Å². The Hall–Kier alpha value is -1.20. The Morgan fingerprint density at radius 3 is 2.47 bits per heavy atom. The molecular formula is C14H13Br2NO2. The van der Waals surface area contributed by atoms with Crippen LogP contribution in [0.5, 0.6) is 11.5 Å². The van der Waals surface area contributed by atoms with E-state index in [9.17, 15) is 5.11 Å². The molecule has 5 heteroatoms. The van der Waals surface area contributed by atoms with Crippen LogP contribution in [0.3, 0.4) is 0 Å². The number of phenols is 1. The molecule has 0 aliphatic heterocycles. The summed E-state index contributed by atoms with van der Waals surface area (Å²) in [6.07, 6.45) is 0. The van der Waals surface area contributed by atoms with Crippen LogP contribution in [0.25, 0.3) is 0 Å². The molecule has 0 saturated carbocycles. The second kappa shape index (κ2) is 6.30. The van der Waals surface area contributed by atoms with Crippen molar-refractivity contribution in [3.8, 4) is 11.5 Å². The van der Waals surface area contributed by atoms with Crippen LogP contribution in [0.4, 0.5) is 5.69 Å². The van der Waals surface area contributed by atoms with Gasteiger partial charge in [-0.2, -0.15) is 0 Å². The van der Waals surface area contributed by atoms with Crippen molar-refractivity contribution in [1.82, 2.24) is 0 Å². The summed E-state index contributed by atoms with van der Waals surface area (Å²) in [5, 5.41) is 13.0. The first-order chi connectivity index (χ1) is 9.10. The largest absolute Gasteiger partial charge is 0.503 e. The molecule has 0 amide bonds. The van der Waals surface area contributed by atoms with Gasteiger partial charge in [-0.3, -0.25) is 0 Å². The van der Waals surface area contributed by atoms with E-state index in [1.165, 1.54) is 7.11 Å². The van der Waals surface area contributed by atoms with Gasteiger partial charge in [0.15, 0.2) is 11.5 Å². The van der Waals surface area contributed by atoms with Gasteiger partial charge in [0.1, 0.15) is 0 Å². The van der Waals surface area contributed by atoms with E-state index in [4.69, 9.17) is 4.74 Å². The highest BCUT2D eigenvalue weighted by molar-refractivity contribution is 9.10. The number of methoxy groups -OCH3 is 1. The van der Waals surface area contributed by atoms with E-state index >= 15 is 0 Å². The van der Waals surface area contributed by atoms with Crippen LogP contribution in [-0.4, -0.2) is 12.2 Å². The number of anilines is 1. The molecule has 0 aromatic heterocycles. The third-order valence-electron chi connectivity index (χ3n) is 2.65. The first-order valence-electron chi connectivity index (χ1n) is 5.65. The zero-order chi connectivity index (χ0) is 13.8. The number of aromatic hydroxyl groups is 1. The maximum Gasteiger partial charge on any atom is 0.172 e. The maximum atomic E-state index is 9.74.